The molecule has 0 aliphatic heterocycles. The lowest BCUT2D eigenvalue weighted by Gasteiger charge is -2.33. The van der Waals surface area contributed by atoms with Crippen molar-refractivity contribution in [2.75, 3.05) is 27.2 Å². The summed E-state index contributed by atoms with van der Waals surface area (Å²) in [6.07, 6.45) is 11.7. The van der Waals surface area contributed by atoms with Gasteiger partial charge in [-0.25, -0.2) is 4.98 Å². The van der Waals surface area contributed by atoms with E-state index in [1.54, 1.807) is 12.5 Å². The Morgan fingerprint density at radius 1 is 1.06 bits per heavy atom. The Morgan fingerprint density at radius 2 is 1.79 bits per heavy atom. The topological polar surface area (TPSA) is 139 Å². The predicted molar refractivity (Wildman–Crippen MR) is 186 cm³/mol. The third kappa shape index (κ3) is 13.6. The number of carbonyl (C=O) groups excluding carboxylic acids is 3. The molecular formula is C37H58N6O4. The van der Waals surface area contributed by atoms with Crippen LogP contribution in [-0.2, 0) is 27.2 Å². The van der Waals surface area contributed by atoms with Crippen LogP contribution in [0, 0.1) is 23.7 Å². The van der Waals surface area contributed by atoms with Crippen molar-refractivity contribution in [3.63, 3.8) is 0 Å². The van der Waals surface area contributed by atoms with Crippen LogP contribution in [0.2, 0.25) is 0 Å². The summed E-state index contributed by atoms with van der Waals surface area (Å²) in [7, 11) is 3.87. The number of aromatic nitrogens is 2. The molecule has 1 saturated carbocycles. The van der Waals surface area contributed by atoms with Crippen LogP contribution in [0.25, 0.3) is 0 Å². The van der Waals surface area contributed by atoms with E-state index in [2.05, 4.69) is 46.3 Å². The monoisotopic (exact) mass is 650 g/mol. The number of rotatable bonds is 20. The van der Waals surface area contributed by atoms with Crippen molar-refractivity contribution in [3.05, 3.63) is 66.8 Å². The van der Waals surface area contributed by atoms with E-state index in [0.29, 0.717) is 49.9 Å². The van der Waals surface area contributed by atoms with Crippen LogP contribution in [0.15, 0.2) is 55.5 Å². The van der Waals surface area contributed by atoms with E-state index in [0.717, 1.165) is 31.2 Å². The van der Waals surface area contributed by atoms with Gasteiger partial charge in [0.25, 0.3) is 0 Å². The molecule has 5 atom stereocenters. The summed E-state index contributed by atoms with van der Waals surface area (Å²) >= 11 is 0. The number of amides is 3. The molecule has 1 aliphatic rings. The number of aliphatic hydroxyl groups is 1. The van der Waals surface area contributed by atoms with Crippen LogP contribution in [-0.4, -0.2) is 83.1 Å². The Hall–Kier alpha value is -3.50. The second-order valence-electron chi connectivity index (χ2n) is 13.9. The fourth-order valence-corrected chi connectivity index (χ4v) is 6.45. The molecule has 0 radical (unpaired) electrons. The third-order valence-electron chi connectivity index (χ3n) is 9.40. The molecular weight excluding hydrogens is 592 g/mol. The number of allylic oxidation sites excluding steroid dienone is 1. The maximum atomic E-state index is 14.1. The zero-order valence-corrected chi connectivity index (χ0v) is 28.9. The number of nitrogens with zero attached hydrogens (tertiary/aromatic N) is 2. The molecule has 0 unspecified atom stereocenters. The Bertz CT molecular complexity index is 1210. The first-order valence-corrected chi connectivity index (χ1v) is 17.4. The molecule has 1 heterocycles. The number of carbonyl (C=O) groups is 3. The maximum Gasteiger partial charge on any atom is 0.243 e. The van der Waals surface area contributed by atoms with E-state index >= 15 is 0 Å². The first kappa shape index (κ1) is 38.0. The Kier molecular flexibility index (Phi) is 16.1. The number of aromatic amines is 1. The van der Waals surface area contributed by atoms with E-state index in [1.807, 2.05) is 55.4 Å². The van der Waals surface area contributed by atoms with E-state index in [9.17, 15) is 19.5 Å². The first-order valence-electron chi connectivity index (χ1n) is 17.4. The van der Waals surface area contributed by atoms with Crippen LogP contribution in [0.3, 0.4) is 0 Å². The van der Waals surface area contributed by atoms with Crippen molar-refractivity contribution in [2.24, 2.45) is 23.7 Å². The minimum Gasteiger partial charge on any atom is -0.391 e. The van der Waals surface area contributed by atoms with Crippen LogP contribution < -0.4 is 16.0 Å². The van der Waals surface area contributed by atoms with Crippen molar-refractivity contribution in [3.8, 4) is 0 Å². The molecule has 5 N–H and O–H groups in total. The van der Waals surface area contributed by atoms with Gasteiger partial charge in [0.05, 0.1) is 24.4 Å². The fourth-order valence-electron chi connectivity index (χ4n) is 6.45. The summed E-state index contributed by atoms with van der Waals surface area (Å²) in [4.78, 5) is 50.1. The highest BCUT2D eigenvalue weighted by molar-refractivity contribution is 5.91. The number of nitrogens with one attached hydrogen (secondary N) is 4. The van der Waals surface area contributed by atoms with Gasteiger partial charge in [0.1, 0.15) is 6.04 Å². The van der Waals surface area contributed by atoms with E-state index in [1.165, 1.54) is 6.42 Å². The SMILES string of the molecule is C=C[C@@H](C[C@H](O)[C@H](CC1CCCCC1)NC(=O)[C@H](Cc1cnc[nH]1)NC(=O)[C@@H](CC(=O)NCCN(C)C)Cc1ccccc1)C(C)C. The number of hydrogen-bond donors (Lipinski definition) is 5. The van der Waals surface area contributed by atoms with Gasteiger partial charge in [0.2, 0.25) is 17.7 Å². The van der Waals surface area contributed by atoms with Crippen LogP contribution >= 0.6 is 0 Å². The molecule has 1 aromatic heterocycles. The number of likely N-dealkylation sites (N-methyl/N-ethyl adjacent to an activating group) is 1. The Labute approximate surface area is 281 Å². The highest BCUT2D eigenvalue weighted by atomic mass is 16.3. The zero-order valence-electron chi connectivity index (χ0n) is 28.9. The standard InChI is InChI=1S/C37H58N6O4/c1-6-29(26(2)3)21-34(44)32(20-28-15-11-8-12-16-28)41-37(47)33(23-31-24-38-25-40-31)42-36(46)30(19-27-13-9-7-10-14-27)22-35(45)39-17-18-43(4)5/h6-7,9-10,13-14,24-26,28-30,32-34,44H,1,8,11-12,15-23H2,2-5H3,(H,38,40)(H,39,45)(H,41,47)(H,42,46)/t29-,30+,32-,33-,34-/m0/s1. The molecule has 0 spiro atoms. The quantitative estimate of drug-likeness (QED) is 0.137. The Morgan fingerprint density at radius 3 is 2.40 bits per heavy atom. The van der Waals surface area contributed by atoms with Gasteiger partial charge < -0.3 is 30.9 Å². The molecule has 3 rings (SSSR count). The van der Waals surface area contributed by atoms with Gasteiger partial charge in [-0.3, -0.25) is 14.4 Å². The van der Waals surface area contributed by atoms with Crippen LogP contribution in [0.4, 0.5) is 0 Å². The summed E-state index contributed by atoms with van der Waals surface area (Å²) in [5.41, 5.74) is 1.63. The van der Waals surface area contributed by atoms with Crippen molar-refractivity contribution in [1.82, 2.24) is 30.8 Å². The summed E-state index contributed by atoms with van der Waals surface area (Å²) in [6.45, 7) is 9.36. The first-order chi connectivity index (χ1) is 22.5. The van der Waals surface area contributed by atoms with Gasteiger partial charge in [0.15, 0.2) is 0 Å². The lowest BCUT2D eigenvalue weighted by Crippen LogP contribution is -2.55. The van der Waals surface area contributed by atoms with E-state index in [4.69, 9.17) is 0 Å². The number of H-pyrrole nitrogens is 1. The summed E-state index contributed by atoms with van der Waals surface area (Å²) in [5, 5.41) is 20.6. The molecule has 1 aromatic carbocycles. The lowest BCUT2D eigenvalue weighted by molar-refractivity contribution is -0.134. The smallest absolute Gasteiger partial charge is 0.243 e. The molecule has 1 fully saturated rings. The number of hydrogen-bond acceptors (Lipinski definition) is 6. The van der Waals surface area contributed by atoms with Gasteiger partial charge in [-0.15, -0.1) is 6.58 Å². The Balaban J connectivity index is 1.81. The summed E-state index contributed by atoms with van der Waals surface area (Å²) < 4.78 is 0. The van der Waals surface area contributed by atoms with Gasteiger partial charge >= 0.3 is 0 Å². The van der Waals surface area contributed by atoms with Gasteiger partial charge in [-0.05, 0) is 56.7 Å². The lowest BCUT2D eigenvalue weighted by atomic mass is 9.81. The normalized spacial score (nSPS) is 17.0. The summed E-state index contributed by atoms with van der Waals surface area (Å²) in [5.74, 6) is -0.784. The molecule has 2 aromatic rings. The predicted octanol–water partition coefficient (Wildman–Crippen LogP) is 4.03. The van der Waals surface area contributed by atoms with Gasteiger partial charge in [-0.1, -0.05) is 82.4 Å². The largest absolute Gasteiger partial charge is 0.391 e. The second-order valence-corrected chi connectivity index (χ2v) is 13.9. The third-order valence-corrected chi connectivity index (χ3v) is 9.40. The fraction of sp³-hybridized carbons (Fsp3) is 0.622. The molecule has 10 nitrogen and oxygen atoms in total. The highest BCUT2D eigenvalue weighted by Crippen LogP contribution is 2.30. The molecule has 0 saturated heterocycles. The van der Waals surface area contributed by atoms with Crippen molar-refractivity contribution in [1.29, 1.82) is 0 Å². The zero-order chi connectivity index (χ0) is 34.2. The molecule has 47 heavy (non-hydrogen) atoms. The van der Waals surface area contributed by atoms with Gasteiger partial charge in [0, 0.05) is 37.8 Å². The highest BCUT2D eigenvalue weighted by Gasteiger charge is 2.33. The van der Waals surface area contributed by atoms with Crippen molar-refractivity contribution < 1.29 is 19.5 Å². The van der Waals surface area contributed by atoms with Crippen molar-refractivity contribution >= 4 is 17.7 Å². The minimum atomic E-state index is -0.931. The molecule has 0 bridgehead atoms. The number of aliphatic hydroxyl groups excluding tert-OH is 1. The number of imidazole rings is 1. The van der Waals surface area contributed by atoms with Crippen molar-refractivity contribution in [2.45, 2.75) is 96.2 Å². The summed E-state index contributed by atoms with van der Waals surface area (Å²) in [6, 6.07) is 8.20. The minimum absolute atomic E-state index is 0.00623. The van der Waals surface area contributed by atoms with E-state index in [-0.39, 0.29) is 36.5 Å². The van der Waals surface area contributed by atoms with E-state index < -0.39 is 24.1 Å². The van der Waals surface area contributed by atoms with Crippen LogP contribution in [0.1, 0.15) is 76.5 Å². The van der Waals surface area contributed by atoms with Gasteiger partial charge in [-0.2, -0.15) is 0 Å². The molecule has 1 aliphatic carbocycles. The molecule has 3 amide bonds. The average molecular weight is 651 g/mol. The van der Waals surface area contributed by atoms with Crippen LogP contribution in [0.5, 0.6) is 0 Å². The maximum absolute atomic E-state index is 14.1. The molecule has 10 heteroatoms. The second kappa shape index (κ2) is 20.0. The number of benzene rings is 1. The average Bonchev–Trinajstić information content (AvgIpc) is 3.56. The molecule has 260 valence electrons.